The van der Waals surface area contributed by atoms with Crippen molar-refractivity contribution in [2.24, 2.45) is 35.0 Å². The fourth-order valence-electron chi connectivity index (χ4n) is 8.61. The quantitative estimate of drug-likeness (QED) is 0.634. The van der Waals surface area contributed by atoms with Gasteiger partial charge in [0, 0.05) is 19.3 Å². The minimum absolute atomic E-state index is 0.00550. The molecule has 4 saturated carbocycles. The second-order valence-corrected chi connectivity index (χ2v) is 11.4. The van der Waals surface area contributed by atoms with Crippen LogP contribution in [0.4, 0.5) is 0 Å². The van der Waals surface area contributed by atoms with Gasteiger partial charge in [-0.2, -0.15) is 0 Å². The normalized spacial score (nSPS) is 54.8. The first-order valence-corrected chi connectivity index (χ1v) is 11.9. The predicted octanol–water partition coefficient (Wildman–Crippen LogP) is 2.98. The first kappa shape index (κ1) is 20.7. The molecular weight excluding hydrogens is 384 g/mol. The number of rotatable bonds is 1. The van der Waals surface area contributed by atoms with Crippen molar-refractivity contribution in [3.05, 3.63) is 0 Å². The van der Waals surface area contributed by atoms with Gasteiger partial charge in [-0.3, -0.25) is 9.59 Å². The van der Waals surface area contributed by atoms with Crippen molar-refractivity contribution in [2.75, 3.05) is 0 Å². The Morgan fingerprint density at radius 2 is 1.83 bits per heavy atom. The molecule has 5 rings (SSSR count). The lowest BCUT2D eigenvalue weighted by atomic mass is 9.53. The summed E-state index contributed by atoms with van der Waals surface area (Å²) in [5.41, 5.74) is -1.75. The van der Waals surface area contributed by atoms with Crippen molar-refractivity contribution in [3.63, 3.8) is 0 Å². The van der Waals surface area contributed by atoms with Crippen LogP contribution in [0, 0.1) is 35.0 Å². The highest BCUT2D eigenvalue weighted by Gasteiger charge is 2.67. The van der Waals surface area contributed by atoms with Crippen LogP contribution in [0.3, 0.4) is 0 Å². The van der Waals surface area contributed by atoms with E-state index < -0.39 is 11.2 Å². The van der Waals surface area contributed by atoms with Gasteiger partial charge in [-0.25, -0.2) is 0 Å². The standard InChI is InChI=1S/C24H36O6/c1-13-20-19(30-21(13)26)11-18-17-5-4-15-10-16(29-14(2)25)6-7-23(15,27)12-24(17,28)9-8-22(18,20)3/h13,15-20,27-28H,4-12H2,1-3H3/t13-,15-,16+,17-,18-,19-,20-,22-,23-,24-/m0/s1. The number of carbonyl (C=O) groups excluding carboxylic acids is 2. The summed E-state index contributed by atoms with van der Waals surface area (Å²) in [6.07, 6.45) is 6.30. The first-order chi connectivity index (χ1) is 14.1. The minimum Gasteiger partial charge on any atom is -0.463 e. The van der Waals surface area contributed by atoms with Gasteiger partial charge in [0.2, 0.25) is 0 Å². The summed E-state index contributed by atoms with van der Waals surface area (Å²) in [6.45, 7) is 5.75. The molecule has 0 aromatic carbocycles. The molecule has 0 amide bonds. The summed E-state index contributed by atoms with van der Waals surface area (Å²) >= 11 is 0. The van der Waals surface area contributed by atoms with E-state index in [1.807, 2.05) is 6.92 Å². The number of aliphatic hydroxyl groups is 2. The summed E-state index contributed by atoms with van der Waals surface area (Å²) in [5, 5.41) is 23.5. The topological polar surface area (TPSA) is 93.1 Å². The average Bonchev–Trinajstić information content (AvgIpc) is 3.05. The lowest BCUT2D eigenvalue weighted by Crippen LogP contribution is -2.55. The van der Waals surface area contributed by atoms with E-state index in [0.717, 1.165) is 25.7 Å². The monoisotopic (exact) mass is 420 g/mol. The maximum absolute atomic E-state index is 12.2. The summed E-state index contributed by atoms with van der Waals surface area (Å²) < 4.78 is 11.2. The van der Waals surface area contributed by atoms with Gasteiger partial charge in [-0.15, -0.1) is 0 Å². The molecule has 0 bridgehead atoms. The number of hydrogen-bond donors (Lipinski definition) is 2. The van der Waals surface area contributed by atoms with Crippen molar-refractivity contribution in [1.82, 2.24) is 0 Å². The average molecular weight is 421 g/mol. The Balaban J connectivity index is 1.41. The van der Waals surface area contributed by atoms with Crippen LogP contribution in [0.2, 0.25) is 0 Å². The summed E-state index contributed by atoms with van der Waals surface area (Å²) in [6, 6.07) is 0. The van der Waals surface area contributed by atoms with Gasteiger partial charge in [0.15, 0.2) is 0 Å². The van der Waals surface area contributed by atoms with Crippen molar-refractivity contribution in [3.8, 4) is 0 Å². The molecule has 1 saturated heterocycles. The van der Waals surface area contributed by atoms with Crippen molar-refractivity contribution >= 4 is 11.9 Å². The smallest absolute Gasteiger partial charge is 0.309 e. The molecule has 4 aliphatic carbocycles. The molecule has 5 aliphatic rings. The van der Waals surface area contributed by atoms with Crippen LogP contribution in [0.25, 0.3) is 0 Å². The molecule has 0 spiro atoms. The zero-order valence-electron chi connectivity index (χ0n) is 18.4. The molecule has 0 radical (unpaired) electrons. The molecule has 1 heterocycles. The van der Waals surface area contributed by atoms with E-state index in [-0.39, 0.29) is 53.2 Å². The molecule has 0 aromatic rings. The molecule has 30 heavy (non-hydrogen) atoms. The Morgan fingerprint density at radius 3 is 2.57 bits per heavy atom. The summed E-state index contributed by atoms with van der Waals surface area (Å²) in [5.74, 6) is 0.324. The van der Waals surface area contributed by atoms with Crippen LogP contribution >= 0.6 is 0 Å². The molecule has 0 unspecified atom stereocenters. The van der Waals surface area contributed by atoms with Crippen LogP contribution < -0.4 is 0 Å². The number of hydrogen-bond acceptors (Lipinski definition) is 6. The maximum Gasteiger partial charge on any atom is 0.309 e. The molecule has 0 aromatic heterocycles. The van der Waals surface area contributed by atoms with E-state index in [2.05, 4.69) is 6.92 Å². The van der Waals surface area contributed by atoms with Gasteiger partial charge in [0.05, 0.1) is 17.1 Å². The molecule has 10 atom stereocenters. The largest absolute Gasteiger partial charge is 0.463 e. The highest BCUT2D eigenvalue weighted by atomic mass is 16.6. The van der Waals surface area contributed by atoms with Crippen LogP contribution in [0.5, 0.6) is 0 Å². The highest BCUT2D eigenvalue weighted by Crippen LogP contribution is 2.67. The molecular formula is C24H36O6. The third-order valence-corrected chi connectivity index (χ3v) is 9.92. The zero-order chi connectivity index (χ0) is 21.5. The van der Waals surface area contributed by atoms with Gasteiger partial charge < -0.3 is 19.7 Å². The van der Waals surface area contributed by atoms with Crippen LogP contribution in [-0.2, 0) is 19.1 Å². The van der Waals surface area contributed by atoms with E-state index in [4.69, 9.17) is 9.47 Å². The van der Waals surface area contributed by atoms with Gasteiger partial charge in [0.25, 0.3) is 0 Å². The maximum atomic E-state index is 12.2. The fraction of sp³-hybridized carbons (Fsp3) is 0.917. The highest BCUT2D eigenvalue weighted by molar-refractivity contribution is 5.75. The molecule has 2 N–H and O–H groups in total. The lowest BCUT2D eigenvalue weighted by Gasteiger charge is -2.54. The predicted molar refractivity (Wildman–Crippen MR) is 108 cm³/mol. The molecule has 5 fully saturated rings. The summed E-state index contributed by atoms with van der Waals surface area (Å²) in [7, 11) is 0. The van der Waals surface area contributed by atoms with Gasteiger partial charge in [-0.1, -0.05) is 13.8 Å². The molecule has 168 valence electrons. The lowest BCUT2D eigenvalue weighted by molar-refractivity contribution is -0.173. The molecule has 6 heteroatoms. The third kappa shape index (κ3) is 2.89. The number of esters is 2. The van der Waals surface area contributed by atoms with E-state index >= 15 is 0 Å². The Kier molecular flexibility index (Phi) is 4.62. The van der Waals surface area contributed by atoms with E-state index in [0.29, 0.717) is 38.0 Å². The summed E-state index contributed by atoms with van der Waals surface area (Å²) in [4.78, 5) is 23.6. The van der Waals surface area contributed by atoms with Crippen molar-refractivity contribution in [2.45, 2.75) is 102 Å². The first-order valence-electron chi connectivity index (χ1n) is 11.9. The Morgan fingerprint density at radius 1 is 1.07 bits per heavy atom. The van der Waals surface area contributed by atoms with E-state index in [9.17, 15) is 19.8 Å². The third-order valence-electron chi connectivity index (χ3n) is 9.92. The van der Waals surface area contributed by atoms with Gasteiger partial charge in [-0.05, 0) is 74.5 Å². The SMILES string of the molecule is CC(=O)O[C@@H]1CC[C@]2(O)C[C@@]3(O)CC[C@]4(C)[C@@H]5[C@H](C[C@H]4[C@@H]3CC[C@H]2C1)OC(=O)[C@H]5C. The number of carbonyl (C=O) groups is 2. The van der Waals surface area contributed by atoms with Gasteiger partial charge in [0.1, 0.15) is 12.2 Å². The van der Waals surface area contributed by atoms with Crippen molar-refractivity contribution < 1.29 is 29.3 Å². The second kappa shape index (κ2) is 6.68. The Labute approximate surface area is 178 Å². The Hall–Kier alpha value is -1.14. The van der Waals surface area contributed by atoms with Crippen LogP contribution in [0.15, 0.2) is 0 Å². The minimum atomic E-state index is -0.887. The molecule has 1 aliphatic heterocycles. The van der Waals surface area contributed by atoms with Crippen molar-refractivity contribution in [1.29, 1.82) is 0 Å². The fourth-order valence-corrected chi connectivity index (χ4v) is 8.61. The second-order valence-electron chi connectivity index (χ2n) is 11.4. The van der Waals surface area contributed by atoms with E-state index in [1.165, 1.54) is 6.92 Å². The van der Waals surface area contributed by atoms with E-state index in [1.54, 1.807) is 0 Å². The van der Waals surface area contributed by atoms with Gasteiger partial charge >= 0.3 is 11.9 Å². The zero-order valence-corrected chi connectivity index (χ0v) is 18.4. The number of fused-ring (bicyclic) bond motifs is 6. The molecule has 6 nitrogen and oxygen atoms in total. The van der Waals surface area contributed by atoms with Crippen LogP contribution in [-0.4, -0.2) is 45.6 Å². The van der Waals surface area contributed by atoms with Crippen LogP contribution in [0.1, 0.15) is 78.6 Å². The Bertz CT molecular complexity index is 752. The number of ether oxygens (including phenoxy) is 2.